The predicted molar refractivity (Wildman–Crippen MR) is 58.3 cm³/mol. The fourth-order valence-corrected chi connectivity index (χ4v) is 1.82. The summed E-state index contributed by atoms with van der Waals surface area (Å²) in [7, 11) is 1.92. The Labute approximate surface area is 89.9 Å². The van der Waals surface area contributed by atoms with Gasteiger partial charge in [-0.25, -0.2) is 0 Å². The number of rotatable bonds is 4. The van der Waals surface area contributed by atoms with Gasteiger partial charge >= 0.3 is 0 Å². The lowest BCUT2D eigenvalue weighted by atomic mass is 10.0. The van der Waals surface area contributed by atoms with Gasteiger partial charge in [0.15, 0.2) is 0 Å². The van der Waals surface area contributed by atoms with Crippen molar-refractivity contribution in [2.24, 2.45) is 12.5 Å². The number of aromatic nitrogens is 2. The van der Waals surface area contributed by atoms with Crippen LogP contribution >= 0.6 is 0 Å². The molecule has 4 heteroatoms. The van der Waals surface area contributed by atoms with E-state index in [4.69, 9.17) is 5.26 Å². The van der Waals surface area contributed by atoms with Gasteiger partial charge in [0.1, 0.15) is 0 Å². The first-order valence-electron chi connectivity index (χ1n) is 5.26. The maximum absolute atomic E-state index is 8.70. The highest BCUT2D eigenvalue weighted by atomic mass is 15.3. The molecule has 0 aromatic carbocycles. The Kier molecular flexibility index (Phi) is 2.39. The summed E-state index contributed by atoms with van der Waals surface area (Å²) < 4.78 is 1.81. The molecule has 4 nitrogen and oxygen atoms in total. The van der Waals surface area contributed by atoms with E-state index in [-0.39, 0.29) is 5.41 Å². The van der Waals surface area contributed by atoms with Crippen molar-refractivity contribution in [2.75, 3.05) is 11.9 Å². The molecule has 0 unspecified atom stereocenters. The van der Waals surface area contributed by atoms with E-state index in [1.165, 1.54) is 12.8 Å². The van der Waals surface area contributed by atoms with Gasteiger partial charge < -0.3 is 5.32 Å². The molecule has 1 aliphatic rings. The van der Waals surface area contributed by atoms with E-state index in [0.29, 0.717) is 6.42 Å². The van der Waals surface area contributed by atoms with Gasteiger partial charge in [-0.05, 0) is 19.8 Å². The smallest absolute Gasteiger partial charge is 0.0824 e. The van der Waals surface area contributed by atoms with Gasteiger partial charge in [-0.15, -0.1) is 0 Å². The summed E-state index contributed by atoms with van der Waals surface area (Å²) >= 11 is 0. The lowest BCUT2D eigenvalue weighted by Gasteiger charge is -2.12. The summed E-state index contributed by atoms with van der Waals surface area (Å²) in [5.74, 6) is 0. The lowest BCUT2D eigenvalue weighted by molar-refractivity contribution is 0.557. The number of nitrogens with zero attached hydrogens (tertiary/aromatic N) is 3. The second-order valence-electron chi connectivity index (χ2n) is 4.49. The minimum Gasteiger partial charge on any atom is -0.382 e. The van der Waals surface area contributed by atoms with Crippen molar-refractivity contribution < 1.29 is 0 Å². The topological polar surface area (TPSA) is 53.6 Å². The van der Waals surface area contributed by atoms with Gasteiger partial charge in [0.25, 0.3) is 0 Å². The maximum atomic E-state index is 8.70. The number of hydrogen-bond donors (Lipinski definition) is 1. The third-order valence-corrected chi connectivity index (χ3v) is 3.08. The summed E-state index contributed by atoms with van der Waals surface area (Å²) in [5, 5.41) is 16.4. The number of nitrogens with one attached hydrogen (secondary N) is 1. The van der Waals surface area contributed by atoms with Crippen LogP contribution < -0.4 is 5.32 Å². The van der Waals surface area contributed by atoms with E-state index >= 15 is 0 Å². The highest BCUT2D eigenvalue weighted by Gasteiger charge is 2.42. The molecule has 0 spiro atoms. The van der Waals surface area contributed by atoms with Gasteiger partial charge in [-0.3, -0.25) is 4.68 Å². The monoisotopic (exact) mass is 204 g/mol. The second-order valence-corrected chi connectivity index (χ2v) is 4.49. The Hall–Kier alpha value is -1.50. The van der Waals surface area contributed by atoms with E-state index in [1.807, 2.05) is 24.9 Å². The van der Waals surface area contributed by atoms with Gasteiger partial charge in [0.2, 0.25) is 0 Å². The Morgan fingerprint density at radius 2 is 2.40 bits per heavy atom. The van der Waals surface area contributed by atoms with E-state index in [1.54, 1.807) is 0 Å². The van der Waals surface area contributed by atoms with Crippen LogP contribution in [0.25, 0.3) is 0 Å². The summed E-state index contributed by atoms with van der Waals surface area (Å²) in [6, 6.07) is 2.27. The first kappa shape index (κ1) is 10.0. The van der Waals surface area contributed by atoms with Crippen LogP contribution in [-0.4, -0.2) is 16.3 Å². The Bertz CT molecular complexity index is 395. The van der Waals surface area contributed by atoms with Crippen LogP contribution in [0.2, 0.25) is 0 Å². The van der Waals surface area contributed by atoms with E-state index in [2.05, 4.69) is 16.5 Å². The molecule has 0 radical (unpaired) electrons. The average molecular weight is 204 g/mol. The molecule has 0 bridgehead atoms. The van der Waals surface area contributed by atoms with Crippen LogP contribution in [0.5, 0.6) is 0 Å². The van der Waals surface area contributed by atoms with Crippen molar-refractivity contribution in [1.29, 1.82) is 5.26 Å². The predicted octanol–water partition coefficient (Wildman–Crippen LogP) is 1.83. The zero-order valence-corrected chi connectivity index (χ0v) is 9.25. The van der Waals surface area contributed by atoms with Crippen molar-refractivity contribution in [3.63, 3.8) is 0 Å². The highest BCUT2D eigenvalue weighted by Crippen LogP contribution is 2.48. The standard InChI is InChI=1S/C11H16N4/c1-9-10(7-15(2)14-9)13-8-11(3-4-11)5-6-12/h7,13H,3-5,8H2,1-2H3. The van der Waals surface area contributed by atoms with E-state index < -0.39 is 0 Å². The molecule has 1 heterocycles. The third-order valence-electron chi connectivity index (χ3n) is 3.08. The number of nitriles is 1. The average Bonchev–Trinajstić information content (AvgIpc) is 2.86. The van der Waals surface area contributed by atoms with Crippen LogP contribution in [-0.2, 0) is 7.05 Å². The molecule has 1 saturated carbocycles. The van der Waals surface area contributed by atoms with Gasteiger partial charge in [0, 0.05) is 31.6 Å². The third kappa shape index (κ3) is 2.12. The normalized spacial score (nSPS) is 17.1. The van der Waals surface area contributed by atoms with Crippen LogP contribution in [0.15, 0.2) is 6.20 Å². The molecule has 2 rings (SSSR count). The fraction of sp³-hybridized carbons (Fsp3) is 0.636. The van der Waals surface area contributed by atoms with Crippen LogP contribution in [0.1, 0.15) is 25.0 Å². The molecule has 80 valence electrons. The molecule has 1 fully saturated rings. The zero-order chi connectivity index (χ0) is 10.9. The largest absolute Gasteiger partial charge is 0.382 e. The maximum Gasteiger partial charge on any atom is 0.0824 e. The number of anilines is 1. The van der Waals surface area contributed by atoms with Crippen molar-refractivity contribution in [2.45, 2.75) is 26.2 Å². The number of aryl methyl sites for hydroxylation is 2. The first-order chi connectivity index (χ1) is 7.15. The quantitative estimate of drug-likeness (QED) is 0.814. The zero-order valence-electron chi connectivity index (χ0n) is 9.25. The molecular weight excluding hydrogens is 188 g/mol. The van der Waals surface area contributed by atoms with Crippen molar-refractivity contribution in [1.82, 2.24) is 9.78 Å². The van der Waals surface area contributed by atoms with Gasteiger partial charge in [-0.1, -0.05) is 0 Å². The van der Waals surface area contributed by atoms with Crippen molar-refractivity contribution >= 4 is 5.69 Å². The molecule has 1 N–H and O–H groups in total. The molecule has 0 aliphatic heterocycles. The SMILES string of the molecule is Cc1nn(C)cc1NCC1(CC#N)CC1. The molecule has 1 aromatic heterocycles. The molecule has 0 saturated heterocycles. The second kappa shape index (κ2) is 3.58. The van der Waals surface area contributed by atoms with E-state index in [9.17, 15) is 0 Å². The summed E-state index contributed by atoms with van der Waals surface area (Å²) in [6.07, 6.45) is 5.00. The van der Waals surface area contributed by atoms with Crippen molar-refractivity contribution in [3.05, 3.63) is 11.9 Å². The van der Waals surface area contributed by atoms with Crippen molar-refractivity contribution in [3.8, 4) is 6.07 Å². The summed E-state index contributed by atoms with van der Waals surface area (Å²) in [4.78, 5) is 0. The van der Waals surface area contributed by atoms with Crippen LogP contribution in [0.4, 0.5) is 5.69 Å². The molecular formula is C11H16N4. The Balaban J connectivity index is 1.94. The van der Waals surface area contributed by atoms with Gasteiger partial charge in [0.05, 0.1) is 17.5 Å². The molecule has 1 aromatic rings. The van der Waals surface area contributed by atoms with Gasteiger partial charge in [-0.2, -0.15) is 10.4 Å². The number of hydrogen-bond acceptors (Lipinski definition) is 3. The minimum absolute atomic E-state index is 0.247. The van der Waals surface area contributed by atoms with Crippen LogP contribution in [0.3, 0.4) is 0 Å². The minimum atomic E-state index is 0.247. The fourth-order valence-electron chi connectivity index (χ4n) is 1.82. The first-order valence-corrected chi connectivity index (χ1v) is 5.26. The molecule has 1 aliphatic carbocycles. The summed E-state index contributed by atoms with van der Waals surface area (Å²) in [6.45, 7) is 2.89. The molecule has 0 amide bonds. The van der Waals surface area contributed by atoms with Crippen LogP contribution in [0, 0.1) is 23.7 Å². The molecule has 0 atom stereocenters. The molecule has 15 heavy (non-hydrogen) atoms. The Morgan fingerprint density at radius 3 is 2.87 bits per heavy atom. The Morgan fingerprint density at radius 1 is 1.67 bits per heavy atom. The van der Waals surface area contributed by atoms with E-state index in [0.717, 1.165) is 17.9 Å². The highest BCUT2D eigenvalue weighted by molar-refractivity contribution is 5.45. The lowest BCUT2D eigenvalue weighted by Crippen LogP contribution is -2.14. The summed E-state index contributed by atoms with van der Waals surface area (Å²) in [5.41, 5.74) is 2.35.